The SMILES string of the molecule is CC1=NN(c2ccc(C)c(C)c2)C(=O)C1=N.Nc1cc2c(c(-c3ccc(F)c(C(=O)O)c3)c1O)CCCC2. The van der Waals surface area contributed by atoms with Gasteiger partial charge in [0.15, 0.2) is 0 Å². The number of anilines is 2. The number of phenols is 1. The zero-order chi connectivity index (χ0) is 27.7. The molecule has 0 atom stereocenters. The first kappa shape index (κ1) is 26.5. The maximum Gasteiger partial charge on any atom is 0.338 e. The van der Waals surface area contributed by atoms with Gasteiger partial charge in [-0.2, -0.15) is 10.1 Å². The Morgan fingerprint density at radius 3 is 2.39 bits per heavy atom. The molecular formula is C29H29FN4O4. The molecule has 5 N–H and O–H groups in total. The Morgan fingerprint density at radius 2 is 1.76 bits per heavy atom. The van der Waals surface area contributed by atoms with Gasteiger partial charge < -0.3 is 15.9 Å². The predicted molar refractivity (Wildman–Crippen MR) is 146 cm³/mol. The monoisotopic (exact) mass is 516 g/mol. The van der Waals surface area contributed by atoms with E-state index in [4.69, 9.17) is 16.2 Å². The molecule has 9 heteroatoms. The average Bonchev–Trinajstić information content (AvgIpc) is 3.14. The van der Waals surface area contributed by atoms with E-state index in [0.29, 0.717) is 16.8 Å². The quantitative estimate of drug-likeness (QED) is 0.272. The van der Waals surface area contributed by atoms with Crippen LogP contribution >= 0.6 is 0 Å². The third-order valence-corrected chi connectivity index (χ3v) is 6.89. The molecular weight excluding hydrogens is 487 g/mol. The molecule has 8 nitrogen and oxygen atoms in total. The highest BCUT2D eigenvalue weighted by Gasteiger charge is 2.29. The van der Waals surface area contributed by atoms with Crippen molar-refractivity contribution in [3.63, 3.8) is 0 Å². The van der Waals surface area contributed by atoms with Crippen molar-refractivity contribution in [1.29, 1.82) is 5.41 Å². The summed E-state index contributed by atoms with van der Waals surface area (Å²) in [6.07, 6.45) is 3.72. The molecule has 0 saturated heterocycles. The van der Waals surface area contributed by atoms with E-state index in [9.17, 15) is 19.1 Å². The van der Waals surface area contributed by atoms with Gasteiger partial charge in [-0.1, -0.05) is 12.1 Å². The number of amides is 1. The number of aromatic hydroxyl groups is 1. The first-order valence-electron chi connectivity index (χ1n) is 12.2. The van der Waals surface area contributed by atoms with Crippen LogP contribution in [0.3, 0.4) is 0 Å². The van der Waals surface area contributed by atoms with E-state index in [-0.39, 0.29) is 23.1 Å². The molecule has 0 saturated carbocycles. The van der Waals surface area contributed by atoms with Crippen LogP contribution in [0, 0.1) is 25.1 Å². The summed E-state index contributed by atoms with van der Waals surface area (Å²) >= 11 is 0. The second-order valence-corrected chi connectivity index (χ2v) is 9.48. The van der Waals surface area contributed by atoms with Crippen LogP contribution in [0.25, 0.3) is 11.1 Å². The molecule has 1 amide bonds. The third kappa shape index (κ3) is 5.00. The van der Waals surface area contributed by atoms with Gasteiger partial charge in [0.2, 0.25) is 0 Å². The lowest BCUT2D eigenvalue weighted by Gasteiger charge is -2.22. The largest absolute Gasteiger partial charge is 0.505 e. The number of hydrogen-bond donors (Lipinski definition) is 4. The minimum atomic E-state index is -1.34. The fourth-order valence-electron chi connectivity index (χ4n) is 4.61. The van der Waals surface area contributed by atoms with Crippen molar-refractivity contribution in [2.24, 2.45) is 5.10 Å². The number of nitrogens with two attached hydrogens (primary N) is 1. The molecule has 5 rings (SSSR count). The predicted octanol–water partition coefficient (Wildman–Crippen LogP) is 5.40. The maximum absolute atomic E-state index is 13.6. The van der Waals surface area contributed by atoms with E-state index in [1.54, 1.807) is 13.0 Å². The van der Waals surface area contributed by atoms with Crippen molar-refractivity contribution >= 4 is 34.7 Å². The highest BCUT2D eigenvalue weighted by molar-refractivity contribution is 6.70. The highest BCUT2D eigenvalue weighted by Crippen LogP contribution is 2.42. The second-order valence-electron chi connectivity index (χ2n) is 9.48. The number of phenolic OH excluding ortho intramolecular Hbond substituents is 1. The van der Waals surface area contributed by atoms with Crippen molar-refractivity contribution in [1.82, 2.24) is 0 Å². The molecule has 0 unspecified atom stereocenters. The first-order valence-corrected chi connectivity index (χ1v) is 12.2. The Labute approximate surface area is 219 Å². The second kappa shape index (κ2) is 10.5. The Bertz CT molecular complexity index is 1510. The Balaban J connectivity index is 0.000000186. The number of aryl methyl sites for hydroxylation is 3. The first-order chi connectivity index (χ1) is 18.0. The summed E-state index contributed by atoms with van der Waals surface area (Å²) in [4.78, 5) is 22.8. The smallest absolute Gasteiger partial charge is 0.338 e. The maximum atomic E-state index is 13.6. The van der Waals surface area contributed by atoms with Crippen LogP contribution < -0.4 is 10.7 Å². The molecule has 1 aliphatic heterocycles. The number of rotatable bonds is 3. The summed E-state index contributed by atoms with van der Waals surface area (Å²) < 4.78 is 13.6. The van der Waals surface area contributed by atoms with Crippen molar-refractivity contribution in [2.45, 2.75) is 46.5 Å². The molecule has 2 aliphatic rings. The fraction of sp³-hybridized carbons (Fsp3) is 0.241. The normalized spacial score (nSPS) is 14.5. The highest BCUT2D eigenvalue weighted by atomic mass is 19.1. The number of hydrogen-bond acceptors (Lipinski definition) is 6. The summed E-state index contributed by atoms with van der Waals surface area (Å²) in [6.45, 7) is 5.67. The van der Waals surface area contributed by atoms with Gasteiger partial charge in [0.05, 0.1) is 22.6 Å². The van der Waals surface area contributed by atoms with Crippen LogP contribution in [-0.4, -0.2) is 33.5 Å². The van der Waals surface area contributed by atoms with Crippen LogP contribution in [0.2, 0.25) is 0 Å². The molecule has 38 heavy (non-hydrogen) atoms. The van der Waals surface area contributed by atoms with Crippen molar-refractivity contribution in [2.75, 3.05) is 10.7 Å². The number of nitrogen functional groups attached to an aromatic ring is 1. The van der Waals surface area contributed by atoms with Crippen LogP contribution in [0.5, 0.6) is 5.75 Å². The molecule has 1 aliphatic carbocycles. The number of aromatic carboxylic acids is 1. The molecule has 3 aromatic rings. The van der Waals surface area contributed by atoms with E-state index in [2.05, 4.69) is 5.10 Å². The zero-order valence-corrected chi connectivity index (χ0v) is 21.4. The molecule has 3 aromatic carbocycles. The fourth-order valence-corrected chi connectivity index (χ4v) is 4.61. The van der Waals surface area contributed by atoms with E-state index in [1.807, 2.05) is 32.0 Å². The summed E-state index contributed by atoms with van der Waals surface area (Å²) in [5.41, 5.74) is 12.2. The van der Waals surface area contributed by atoms with E-state index < -0.39 is 17.3 Å². The molecule has 0 fully saturated rings. The van der Waals surface area contributed by atoms with Crippen molar-refractivity contribution < 1.29 is 24.2 Å². The van der Waals surface area contributed by atoms with E-state index in [1.165, 1.54) is 22.7 Å². The van der Waals surface area contributed by atoms with Crippen molar-refractivity contribution in [3.8, 4) is 16.9 Å². The molecule has 0 radical (unpaired) electrons. The number of nitrogens with one attached hydrogen (secondary N) is 1. The van der Waals surface area contributed by atoms with Crippen LogP contribution in [0.4, 0.5) is 15.8 Å². The third-order valence-electron chi connectivity index (χ3n) is 6.89. The topological polar surface area (TPSA) is 140 Å². The molecule has 1 heterocycles. The number of carbonyl (C=O) groups excluding carboxylic acids is 1. The van der Waals surface area contributed by atoms with Crippen LogP contribution in [0.15, 0.2) is 47.6 Å². The van der Waals surface area contributed by atoms with E-state index in [0.717, 1.165) is 54.1 Å². The van der Waals surface area contributed by atoms with Gasteiger partial charge in [0.1, 0.15) is 17.3 Å². The van der Waals surface area contributed by atoms with Gasteiger partial charge in [-0.25, -0.2) is 9.18 Å². The summed E-state index contributed by atoms with van der Waals surface area (Å²) in [5, 5.41) is 32.3. The van der Waals surface area contributed by atoms with Crippen LogP contribution in [0.1, 0.15) is 52.4 Å². The summed E-state index contributed by atoms with van der Waals surface area (Å²) in [5.74, 6) is -2.56. The van der Waals surface area contributed by atoms with Gasteiger partial charge in [0, 0.05) is 5.56 Å². The number of nitrogens with zero attached hydrogens (tertiary/aromatic N) is 2. The molecule has 196 valence electrons. The minimum Gasteiger partial charge on any atom is -0.505 e. The Morgan fingerprint density at radius 1 is 1.05 bits per heavy atom. The summed E-state index contributed by atoms with van der Waals surface area (Å²) in [6, 6.07) is 11.3. The van der Waals surface area contributed by atoms with Gasteiger partial charge >= 0.3 is 5.97 Å². The molecule has 0 spiro atoms. The van der Waals surface area contributed by atoms with Crippen molar-refractivity contribution in [3.05, 3.63) is 76.1 Å². The van der Waals surface area contributed by atoms with Gasteiger partial charge in [-0.15, -0.1) is 0 Å². The Hall–Kier alpha value is -4.53. The number of benzene rings is 3. The summed E-state index contributed by atoms with van der Waals surface area (Å²) in [7, 11) is 0. The number of carboxylic acid groups (broad SMARTS) is 1. The minimum absolute atomic E-state index is 0.0294. The number of carboxylic acids is 1. The Kier molecular flexibility index (Phi) is 7.30. The van der Waals surface area contributed by atoms with E-state index >= 15 is 0 Å². The number of fused-ring (bicyclic) bond motifs is 1. The number of hydrazone groups is 1. The van der Waals surface area contributed by atoms with Gasteiger partial charge in [-0.3, -0.25) is 10.2 Å². The lowest BCUT2D eigenvalue weighted by molar-refractivity contribution is -0.112. The lowest BCUT2D eigenvalue weighted by Crippen LogP contribution is -2.26. The molecule has 0 bridgehead atoms. The van der Waals surface area contributed by atoms with Crippen LogP contribution in [-0.2, 0) is 17.6 Å². The van der Waals surface area contributed by atoms with Gasteiger partial charge in [-0.05, 0) is 105 Å². The molecule has 0 aromatic heterocycles. The lowest BCUT2D eigenvalue weighted by atomic mass is 9.84. The number of carbonyl (C=O) groups is 2. The van der Waals surface area contributed by atoms with Gasteiger partial charge in [0.25, 0.3) is 5.91 Å². The standard InChI is InChI=1S/C17H16FNO3.C12H13N3O/c18-13-6-5-10(7-12(13)17(21)22)15-11-4-2-1-3-9(11)8-14(19)16(15)20;1-7-4-5-10(6-8(7)2)15-12(16)11(13)9(3)14-15/h5-8,20H,1-4,19H2,(H,21,22);4-6,13H,1-3H3. The number of halogens is 1. The average molecular weight is 517 g/mol. The zero-order valence-electron chi connectivity index (χ0n) is 21.4.